The van der Waals surface area contributed by atoms with Gasteiger partial charge < -0.3 is 24.4 Å². The maximum Gasteiger partial charge on any atom is 0.257 e. The number of carbonyl (C=O) groups excluding carboxylic acids is 1. The summed E-state index contributed by atoms with van der Waals surface area (Å²) in [4.78, 5) is 19.6. The fourth-order valence-electron chi connectivity index (χ4n) is 5.18. The number of rotatable bonds is 8. The lowest BCUT2D eigenvalue weighted by molar-refractivity contribution is 0.0501. The zero-order chi connectivity index (χ0) is 23.5. The molecule has 1 fully saturated rings. The van der Waals surface area contributed by atoms with Crippen LogP contribution in [0.5, 0.6) is 11.5 Å². The van der Waals surface area contributed by atoms with Crippen molar-refractivity contribution >= 4 is 5.91 Å². The number of benzene rings is 2. The van der Waals surface area contributed by atoms with Crippen molar-refractivity contribution in [3.63, 3.8) is 0 Å². The van der Waals surface area contributed by atoms with Crippen LogP contribution in [-0.4, -0.2) is 90.8 Å². The van der Waals surface area contributed by atoms with Crippen molar-refractivity contribution in [3.8, 4) is 11.5 Å². The lowest BCUT2D eigenvalue weighted by atomic mass is 10.00. The molecule has 0 bridgehead atoms. The Kier molecular flexibility index (Phi) is 7.04. The standard InChI is InChI=1S/C27H35N3O4/c1-2-28-14-20(15-28)19-34-24-7-8-25-26(13-24)33-12-11-30(27(25)32)18-23(31)17-29-10-9-21-5-3-4-6-22(21)16-29/h3-8,13,20,23,31H,2,9-12,14-19H2,1H3/t23-/m1/s1. The van der Waals surface area contributed by atoms with Gasteiger partial charge in [0.25, 0.3) is 5.91 Å². The molecule has 3 aliphatic heterocycles. The topological polar surface area (TPSA) is 65.5 Å². The number of nitrogens with zero attached hydrogens (tertiary/aromatic N) is 3. The van der Waals surface area contributed by atoms with Crippen LogP contribution in [0.2, 0.25) is 0 Å². The van der Waals surface area contributed by atoms with Gasteiger partial charge >= 0.3 is 0 Å². The zero-order valence-corrected chi connectivity index (χ0v) is 20.0. The molecule has 3 aliphatic rings. The molecule has 1 N–H and O–H groups in total. The van der Waals surface area contributed by atoms with Gasteiger partial charge in [0.15, 0.2) is 0 Å². The minimum Gasteiger partial charge on any atom is -0.493 e. The normalized spacial score (nSPS) is 20.1. The van der Waals surface area contributed by atoms with E-state index in [0.717, 1.165) is 44.9 Å². The van der Waals surface area contributed by atoms with Crippen LogP contribution in [-0.2, 0) is 13.0 Å². The number of aliphatic hydroxyl groups is 1. The highest BCUT2D eigenvalue weighted by Crippen LogP contribution is 2.29. The van der Waals surface area contributed by atoms with Crippen molar-refractivity contribution in [3.05, 3.63) is 59.2 Å². The molecule has 7 heteroatoms. The summed E-state index contributed by atoms with van der Waals surface area (Å²) in [5.41, 5.74) is 3.25. The zero-order valence-electron chi connectivity index (χ0n) is 20.0. The monoisotopic (exact) mass is 465 g/mol. The molecule has 7 nitrogen and oxygen atoms in total. The first kappa shape index (κ1) is 23.1. The summed E-state index contributed by atoms with van der Waals surface area (Å²) in [5, 5.41) is 10.8. The Morgan fingerprint density at radius 3 is 2.74 bits per heavy atom. The van der Waals surface area contributed by atoms with Crippen LogP contribution in [0.15, 0.2) is 42.5 Å². The van der Waals surface area contributed by atoms with Gasteiger partial charge in [0.2, 0.25) is 0 Å². The van der Waals surface area contributed by atoms with Crippen LogP contribution < -0.4 is 9.47 Å². The van der Waals surface area contributed by atoms with E-state index in [1.54, 1.807) is 11.0 Å². The fourth-order valence-corrected chi connectivity index (χ4v) is 5.18. The average molecular weight is 466 g/mol. The SMILES string of the molecule is CCN1CC(COc2ccc3c(c2)OCCN(C[C@H](O)CN2CCc4ccccc4C2)C3=O)C1. The first-order valence-corrected chi connectivity index (χ1v) is 12.5. The van der Waals surface area contributed by atoms with Crippen LogP contribution in [0, 0.1) is 5.92 Å². The summed E-state index contributed by atoms with van der Waals surface area (Å²) < 4.78 is 11.9. The minimum absolute atomic E-state index is 0.0975. The Bertz CT molecular complexity index is 1010. The van der Waals surface area contributed by atoms with E-state index in [9.17, 15) is 9.90 Å². The molecule has 1 atom stereocenters. The van der Waals surface area contributed by atoms with Crippen LogP contribution in [0.4, 0.5) is 0 Å². The fraction of sp³-hybridized carbons (Fsp3) is 0.519. The van der Waals surface area contributed by atoms with Gasteiger partial charge in [0, 0.05) is 51.3 Å². The lowest BCUT2D eigenvalue weighted by Gasteiger charge is -2.38. The number of hydrogen-bond donors (Lipinski definition) is 1. The molecule has 0 spiro atoms. The van der Waals surface area contributed by atoms with E-state index >= 15 is 0 Å². The first-order chi connectivity index (χ1) is 16.6. The van der Waals surface area contributed by atoms with E-state index in [2.05, 4.69) is 41.0 Å². The summed E-state index contributed by atoms with van der Waals surface area (Å²) in [7, 11) is 0. The third-order valence-corrected chi connectivity index (χ3v) is 7.16. The maximum absolute atomic E-state index is 13.2. The lowest BCUT2D eigenvalue weighted by Crippen LogP contribution is -2.48. The van der Waals surface area contributed by atoms with Gasteiger partial charge in [0.05, 0.1) is 24.8 Å². The highest BCUT2D eigenvalue weighted by molar-refractivity contribution is 5.97. The van der Waals surface area contributed by atoms with Crippen molar-refractivity contribution < 1.29 is 19.4 Å². The number of aliphatic hydroxyl groups excluding tert-OH is 1. The minimum atomic E-state index is -0.608. The van der Waals surface area contributed by atoms with E-state index in [4.69, 9.17) is 9.47 Å². The third kappa shape index (κ3) is 5.22. The Hall–Kier alpha value is -2.61. The second-order valence-corrected chi connectivity index (χ2v) is 9.69. The van der Waals surface area contributed by atoms with Crippen molar-refractivity contribution in [2.24, 2.45) is 5.92 Å². The second kappa shape index (κ2) is 10.3. The summed E-state index contributed by atoms with van der Waals surface area (Å²) in [5.74, 6) is 1.77. The molecule has 2 aromatic rings. The number of carbonyl (C=O) groups is 1. The predicted octanol–water partition coefficient (Wildman–Crippen LogP) is 2.27. The van der Waals surface area contributed by atoms with Gasteiger partial charge in [0.1, 0.15) is 18.1 Å². The number of β-amino-alcohol motifs (C(OH)–C–C–N with tert-alkyl or cyclic N) is 1. The molecule has 1 amide bonds. The molecule has 0 aromatic heterocycles. The second-order valence-electron chi connectivity index (χ2n) is 9.69. The van der Waals surface area contributed by atoms with Crippen LogP contribution in [0.3, 0.4) is 0 Å². The molecular weight excluding hydrogens is 430 g/mol. The van der Waals surface area contributed by atoms with Crippen LogP contribution in [0.1, 0.15) is 28.4 Å². The highest BCUT2D eigenvalue weighted by atomic mass is 16.5. The molecule has 34 heavy (non-hydrogen) atoms. The van der Waals surface area contributed by atoms with E-state index in [1.165, 1.54) is 11.1 Å². The molecule has 182 valence electrons. The van der Waals surface area contributed by atoms with Crippen molar-refractivity contribution in [1.82, 2.24) is 14.7 Å². The number of amides is 1. The largest absolute Gasteiger partial charge is 0.493 e. The third-order valence-electron chi connectivity index (χ3n) is 7.16. The number of likely N-dealkylation sites (tertiary alicyclic amines) is 1. The van der Waals surface area contributed by atoms with E-state index in [-0.39, 0.29) is 5.91 Å². The van der Waals surface area contributed by atoms with E-state index in [1.807, 2.05) is 12.1 Å². The Balaban J connectivity index is 1.15. The van der Waals surface area contributed by atoms with E-state index < -0.39 is 6.10 Å². The average Bonchev–Trinajstić information content (AvgIpc) is 2.96. The molecule has 0 aliphatic carbocycles. The maximum atomic E-state index is 13.2. The smallest absolute Gasteiger partial charge is 0.257 e. The van der Waals surface area contributed by atoms with Crippen molar-refractivity contribution in [2.75, 3.05) is 59.0 Å². The number of ether oxygens (including phenoxy) is 2. The molecule has 5 rings (SSSR count). The van der Waals surface area contributed by atoms with Crippen molar-refractivity contribution in [1.29, 1.82) is 0 Å². The Morgan fingerprint density at radius 1 is 1.09 bits per heavy atom. The first-order valence-electron chi connectivity index (χ1n) is 12.5. The molecule has 0 radical (unpaired) electrons. The van der Waals surface area contributed by atoms with Crippen LogP contribution >= 0.6 is 0 Å². The molecule has 3 heterocycles. The summed E-state index contributed by atoms with van der Waals surface area (Å²) in [6.07, 6.45) is 0.387. The van der Waals surface area contributed by atoms with Gasteiger partial charge in [-0.1, -0.05) is 31.2 Å². The molecule has 2 aromatic carbocycles. The predicted molar refractivity (Wildman–Crippen MR) is 130 cm³/mol. The summed E-state index contributed by atoms with van der Waals surface area (Å²) in [6.45, 7) is 9.58. The Labute approximate surface area is 201 Å². The van der Waals surface area contributed by atoms with Gasteiger partial charge in [-0.15, -0.1) is 0 Å². The molecule has 1 saturated heterocycles. The Morgan fingerprint density at radius 2 is 1.91 bits per heavy atom. The summed E-state index contributed by atoms with van der Waals surface area (Å²) >= 11 is 0. The highest BCUT2D eigenvalue weighted by Gasteiger charge is 2.28. The van der Waals surface area contributed by atoms with Crippen LogP contribution in [0.25, 0.3) is 0 Å². The molecule has 0 unspecified atom stereocenters. The number of hydrogen-bond acceptors (Lipinski definition) is 6. The van der Waals surface area contributed by atoms with Gasteiger partial charge in [-0.3, -0.25) is 9.69 Å². The molecular formula is C27H35N3O4. The van der Waals surface area contributed by atoms with Crippen molar-refractivity contribution in [2.45, 2.75) is 26.0 Å². The quantitative estimate of drug-likeness (QED) is 0.645. The van der Waals surface area contributed by atoms with Gasteiger partial charge in [-0.25, -0.2) is 0 Å². The van der Waals surface area contributed by atoms with Gasteiger partial charge in [-0.2, -0.15) is 0 Å². The molecule has 0 saturated carbocycles. The van der Waals surface area contributed by atoms with Gasteiger partial charge in [-0.05, 0) is 36.2 Å². The van der Waals surface area contributed by atoms with E-state index in [0.29, 0.717) is 50.1 Å². The summed E-state index contributed by atoms with van der Waals surface area (Å²) in [6, 6.07) is 14.0. The number of fused-ring (bicyclic) bond motifs is 2.